The van der Waals surface area contributed by atoms with Crippen LogP contribution in [0.15, 0.2) is 41.2 Å². The quantitative estimate of drug-likeness (QED) is 0.774. The van der Waals surface area contributed by atoms with E-state index >= 15 is 0 Å². The van der Waals surface area contributed by atoms with E-state index in [0.717, 1.165) is 18.4 Å². The smallest absolute Gasteiger partial charge is 0.0974 e. The number of fused-ring (bicyclic) bond motifs is 1. The summed E-state index contributed by atoms with van der Waals surface area (Å²) < 4.78 is 5.15. The lowest BCUT2D eigenvalue weighted by molar-refractivity contribution is -0.111. The third-order valence-electron chi connectivity index (χ3n) is 6.12. The van der Waals surface area contributed by atoms with Gasteiger partial charge in [-0.3, -0.25) is 0 Å². The Morgan fingerprint density at radius 2 is 2.09 bits per heavy atom. The molecular formula is C20H28O2. The summed E-state index contributed by atoms with van der Waals surface area (Å²) in [4.78, 5) is 0. The van der Waals surface area contributed by atoms with Crippen molar-refractivity contribution < 1.29 is 9.52 Å². The van der Waals surface area contributed by atoms with E-state index in [9.17, 15) is 5.11 Å². The second-order valence-electron chi connectivity index (χ2n) is 8.15. The van der Waals surface area contributed by atoms with Crippen molar-refractivity contribution in [2.24, 2.45) is 22.7 Å². The molecule has 0 aromatic carbocycles. The number of aliphatic hydroxyl groups excluding tert-OH is 1. The van der Waals surface area contributed by atoms with Crippen molar-refractivity contribution in [1.82, 2.24) is 0 Å². The van der Waals surface area contributed by atoms with Gasteiger partial charge in [-0.05, 0) is 42.1 Å². The van der Waals surface area contributed by atoms with Crippen LogP contribution in [0.2, 0.25) is 0 Å². The molecule has 0 spiro atoms. The molecule has 2 nitrogen and oxygen atoms in total. The van der Waals surface area contributed by atoms with E-state index in [1.807, 2.05) is 6.07 Å². The largest absolute Gasteiger partial charge is 0.472 e. The summed E-state index contributed by atoms with van der Waals surface area (Å²) in [6.07, 6.45) is 12.0. The maximum Gasteiger partial charge on any atom is 0.0974 e. The van der Waals surface area contributed by atoms with Gasteiger partial charge in [0.15, 0.2) is 0 Å². The minimum Gasteiger partial charge on any atom is -0.472 e. The van der Waals surface area contributed by atoms with Crippen LogP contribution in [-0.2, 0) is 0 Å². The van der Waals surface area contributed by atoms with E-state index in [4.69, 9.17) is 4.42 Å². The fourth-order valence-corrected chi connectivity index (χ4v) is 5.35. The van der Waals surface area contributed by atoms with Gasteiger partial charge in [-0.1, -0.05) is 51.5 Å². The highest BCUT2D eigenvalue weighted by Crippen LogP contribution is 2.61. The van der Waals surface area contributed by atoms with Crippen molar-refractivity contribution in [1.29, 1.82) is 0 Å². The first kappa shape index (κ1) is 15.6. The van der Waals surface area contributed by atoms with Gasteiger partial charge in [0.1, 0.15) is 0 Å². The predicted octanol–water partition coefficient (Wildman–Crippen LogP) is 5.06. The Morgan fingerprint density at radius 1 is 1.32 bits per heavy atom. The Kier molecular flexibility index (Phi) is 3.84. The maximum absolute atomic E-state index is 10.7. The van der Waals surface area contributed by atoms with Crippen LogP contribution in [0.1, 0.15) is 52.0 Å². The van der Waals surface area contributed by atoms with Crippen LogP contribution in [-0.4, -0.2) is 11.2 Å². The Bertz CT molecular complexity index is 567. The number of rotatable bonds is 2. The molecule has 2 aliphatic rings. The molecule has 1 aromatic heterocycles. The van der Waals surface area contributed by atoms with Crippen LogP contribution >= 0.6 is 0 Å². The number of hydrogen-bond acceptors (Lipinski definition) is 2. The van der Waals surface area contributed by atoms with Crippen molar-refractivity contribution in [3.05, 3.63) is 42.4 Å². The zero-order valence-electron chi connectivity index (χ0n) is 14.0. The molecule has 0 saturated heterocycles. The number of hydrogen-bond donors (Lipinski definition) is 1. The Hall–Kier alpha value is -1.28. The van der Waals surface area contributed by atoms with Crippen LogP contribution in [0.3, 0.4) is 0 Å². The molecule has 1 heterocycles. The third kappa shape index (κ3) is 2.48. The van der Waals surface area contributed by atoms with Crippen molar-refractivity contribution in [3.8, 4) is 0 Å². The second kappa shape index (κ2) is 5.42. The summed E-state index contributed by atoms with van der Waals surface area (Å²) in [5.41, 5.74) is 2.55. The van der Waals surface area contributed by atoms with E-state index in [1.165, 1.54) is 18.4 Å². The van der Waals surface area contributed by atoms with Crippen LogP contribution in [0, 0.1) is 22.7 Å². The summed E-state index contributed by atoms with van der Waals surface area (Å²) in [5, 5.41) is 10.7. The Labute approximate surface area is 133 Å². The van der Waals surface area contributed by atoms with Crippen molar-refractivity contribution in [3.63, 3.8) is 0 Å². The van der Waals surface area contributed by atoms with Crippen LogP contribution in [0.5, 0.6) is 0 Å². The lowest BCUT2D eigenvalue weighted by Gasteiger charge is -2.59. The third-order valence-corrected chi connectivity index (χ3v) is 6.12. The van der Waals surface area contributed by atoms with Crippen molar-refractivity contribution in [2.75, 3.05) is 0 Å². The molecule has 1 unspecified atom stereocenters. The lowest BCUT2D eigenvalue weighted by atomic mass is 9.47. The number of allylic oxidation sites excluding steroid dienone is 1. The van der Waals surface area contributed by atoms with Crippen LogP contribution in [0.4, 0.5) is 0 Å². The predicted molar refractivity (Wildman–Crippen MR) is 90.2 cm³/mol. The highest BCUT2D eigenvalue weighted by Gasteiger charge is 2.55. The van der Waals surface area contributed by atoms with Gasteiger partial charge in [-0.15, -0.1) is 0 Å². The average Bonchev–Trinajstić information content (AvgIpc) is 2.89. The van der Waals surface area contributed by atoms with Crippen molar-refractivity contribution in [2.45, 2.75) is 52.6 Å². The molecule has 0 bridgehead atoms. The summed E-state index contributed by atoms with van der Waals surface area (Å²) >= 11 is 0. The average molecular weight is 300 g/mol. The molecule has 1 aromatic rings. The molecule has 3 rings (SSSR count). The van der Waals surface area contributed by atoms with Gasteiger partial charge in [0.05, 0.1) is 18.6 Å². The van der Waals surface area contributed by atoms with Gasteiger partial charge in [0, 0.05) is 11.5 Å². The highest BCUT2D eigenvalue weighted by atomic mass is 16.3. The molecule has 120 valence electrons. The molecule has 0 amide bonds. The van der Waals surface area contributed by atoms with Gasteiger partial charge < -0.3 is 9.52 Å². The van der Waals surface area contributed by atoms with Gasteiger partial charge in [-0.2, -0.15) is 0 Å². The molecule has 0 aliphatic heterocycles. The van der Waals surface area contributed by atoms with Gasteiger partial charge >= 0.3 is 0 Å². The first-order chi connectivity index (χ1) is 10.3. The van der Waals surface area contributed by atoms with Crippen LogP contribution in [0.25, 0.3) is 6.08 Å². The second-order valence-corrected chi connectivity index (χ2v) is 8.15. The van der Waals surface area contributed by atoms with Gasteiger partial charge in [0.25, 0.3) is 0 Å². The molecule has 4 atom stereocenters. The van der Waals surface area contributed by atoms with E-state index in [-0.39, 0.29) is 16.9 Å². The molecular weight excluding hydrogens is 272 g/mol. The number of aliphatic hydroxyl groups is 1. The van der Waals surface area contributed by atoms with Gasteiger partial charge in [-0.25, -0.2) is 0 Å². The molecule has 2 saturated carbocycles. The van der Waals surface area contributed by atoms with Crippen LogP contribution < -0.4 is 0 Å². The minimum absolute atomic E-state index is 0.0940. The van der Waals surface area contributed by atoms with E-state index in [2.05, 4.69) is 39.5 Å². The molecule has 22 heavy (non-hydrogen) atoms. The standard InChI is InChI=1S/C20H28O2/c1-14-12-17(21)18-19(2,3)9-5-10-20(18,4)16(14)7-6-15-8-11-22-13-15/h6-8,11,13,16-18,21H,1,5,9-10,12H2,2-4H3/t16-,17?,18-,20-/m1/s1. The van der Waals surface area contributed by atoms with Crippen molar-refractivity contribution >= 4 is 6.08 Å². The number of furan rings is 1. The monoisotopic (exact) mass is 300 g/mol. The summed E-state index contributed by atoms with van der Waals surface area (Å²) in [5.74, 6) is 0.661. The molecule has 0 radical (unpaired) electrons. The van der Waals surface area contributed by atoms with E-state index < -0.39 is 0 Å². The first-order valence-corrected chi connectivity index (χ1v) is 8.41. The highest BCUT2D eigenvalue weighted by molar-refractivity contribution is 5.49. The first-order valence-electron chi connectivity index (χ1n) is 8.41. The van der Waals surface area contributed by atoms with E-state index in [1.54, 1.807) is 12.5 Å². The fraction of sp³-hybridized carbons (Fsp3) is 0.600. The fourth-order valence-electron chi connectivity index (χ4n) is 5.35. The molecule has 2 fully saturated rings. The zero-order valence-corrected chi connectivity index (χ0v) is 14.0. The van der Waals surface area contributed by atoms with E-state index in [0.29, 0.717) is 11.8 Å². The SMILES string of the molecule is C=C1CC(O)[C@@H]2C(C)(C)CCC[C@]2(C)[C@@H]1C=Cc1ccoc1. The Morgan fingerprint density at radius 3 is 2.77 bits per heavy atom. The summed E-state index contributed by atoms with van der Waals surface area (Å²) in [6.45, 7) is 11.3. The summed E-state index contributed by atoms with van der Waals surface area (Å²) in [7, 11) is 0. The minimum atomic E-state index is -0.258. The zero-order chi connectivity index (χ0) is 16.0. The normalized spacial score (nSPS) is 38.2. The summed E-state index contributed by atoms with van der Waals surface area (Å²) in [6, 6.07) is 1.97. The molecule has 2 aliphatic carbocycles. The molecule has 1 N–H and O–H groups in total. The molecule has 2 heteroatoms. The Balaban J connectivity index is 1.96. The maximum atomic E-state index is 10.7. The lowest BCUT2D eigenvalue weighted by Crippen LogP contribution is -2.55. The van der Waals surface area contributed by atoms with Gasteiger partial charge in [0.2, 0.25) is 0 Å². The topological polar surface area (TPSA) is 33.4 Å².